The Labute approximate surface area is 222 Å². The average molecular weight is 563 g/mol. The van der Waals surface area contributed by atoms with Crippen LogP contribution < -0.4 is 9.64 Å². The highest BCUT2D eigenvalue weighted by molar-refractivity contribution is 7.91. The summed E-state index contributed by atoms with van der Waals surface area (Å²) in [6.45, 7) is 0.814. The molecule has 5 rings (SSSR count). The third-order valence-electron chi connectivity index (χ3n) is 6.10. The normalized spacial score (nSPS) is 15.3. The SMILES string of the molecule is COc1ccc(Cl)c2sc(N(Cc3ccccn3)C(=O)C3CCN(S(=O)(=O)c4cccs4)CC3)nc12. The van der Waals surface area contributed by atoms with Crippen LogP contribution in [0.25, 0.3) is 10.2 Å². The molecule has 4 heterocycles. The van der Waals surface area contributed by atoms with Crippen molar-refractivity contribution in [1.29, 1.82) is 0 Å². The summed E-state index contributed by atoms with van der Waals surface area (Å²) < 4.78 is 33.8. The van der Waals surface area contributed by atoms with Crippen LogP contribution in [0.4, 0.5) is 5.13 Å². The quantitative estimate of drug-likeness (QED) is 0.313. The maximum atomic E-state index is 13.8. The molecule has 1 aliphatic rings. The molecule has 1 saturated heterocycles. The summed E-state index contributed by atoms with van der Waals surface area (Å²) in [4.78, 5) is 24.6. The van der Waals surface area contributed by atoms with Crippen LogP contribution in [-0.2, 0) is 21.4 Å². The first-order chi connectivity index (χ1) is 17.4. The number of halogens is 1. The van der Waals surface area contributed by atoms with Crippen LogP contribution in [0.5, 0.6) is 5.75 Å². The van der Waals surface area contributed by atoms with Crippen molar-refractivity contribution >= 4 is 65.6 Å². The second-order valence-electron chi connectivity index (χ2n) is 8.28. The van der Waals surface area contributed by atoms with Gasteiger partial charge in [-0.2, -0.15) is 4.31 Å². The van der Waals surface area contributed by atoms with Crippen molar-refractivity contribution in [3.8, 4) is 5.75 Å². The van der Waals surface area contributed by atoms with Crippen LogP contribution in [0, 0.1) is 5.92 Å². The van der Waals surface area contributed by atoms with Gasteiger partial charge in [-0.15, -0.1) is 11.3 Å². The zero-order valence-corrected chi connectivity index (χ0v) is 22.5. The van der Waals surface area contributed by atoms with Gasteiger partial charge in [-0.05, 0) is 48.6 Å². The number of carbonyl (C=O) groups is 1. The molecule has 0 spiro atoms. The topological polar surface area (TPSA) is 92.7 Å². The average Bonchev–Trinajstić information content (AvgIpc) is 3.60. The molecule has 3 aromatic heterocycles. The molecule has 36 heavy (non-hydrogen) atoms. The smallest absolute Gasteiger partial charge is 0.252 e. The van der Waals surface area contributed by atoms with Crippen LogP contribution in [0.1, 0.15) is 18.5 Å². The van der Waals surface area contributed by atoms with Crippen molar-refractivity contribution in [2.75, 3.05) is 25.1 Å². The molecule has 0 aliphatic carbocycles. The van der Waals surface area contributed by atoms with Crippen molar-refractivity contribution in [2.24, 2.45) is 5.92 Å². The molecule has 0 bridgehead atoms. The number of aromatic nitrogens is 2. The second-order valence-corrected chi connectivity index (χ2v) is 12.8. The van der Waals surface area contributed by atoms with Crippen molar-refractivity contribution in [1.82, 2.24) is 14.3 Å². The minimum absolute atomic E-state index is 0.108. The monoisotopic (exact) mass is 562 g/mol. The summed E-state index contributed by atoms with van der Waals surface area (Å²) in [5.74, 6) is 0.130. The number of hydrogen-bond acceptors (Lipinski definition) is 8. The zero-order chi connectivity index (χ0) is 25.3. The minimum Gasteiger partial charge on any atom is -0.494 e. The molecular formula is C24H23ClN4O4S3. The van der Waals surface area contributed by atoms with Gasteiger partial charge in [-0.3, -0.25) is 14.7 Å². The van der Waals surface area contributed by atoms with Gasteiger partial charge in [0.2, 0.25) is 5.91 Å². The summed E-state index contributed by atoms with van der Waals surface area (Å²) in [5.41, 5.74) is 1.32. The van der Waals surface area contributed by atoms with E-state index >= 15 is 0 Å². The maximum absolute atomic E-state index is 13.8. The number of benzene rings is 1. The third-order valence-corrected chi connectivity index (χ3v) is 10.9. The lowest BCUT2D eigenvalue weighted by Crippen LogP contribution is -2.44. The number of sulfonamides is 1. The Balaban J connectivity index is 1.42. The van der Waals surface area contributed by atoms with Crippen molar-refractivity contribution in [3.63, 3.8) is 0 Å². The number of thiazole rings is 1. The van der Waals surface area contributed by atoms with Gasteiger partial charge in [0.15, 0.2) is 5.13 Å². The van der Waals surface area contributed by atoms with E-state index in [9.17, 15) is 13.2 Å². The zero-order valence-electron chi connectivity index (χ0n) is 19.3. The molecule has 1 fully saturated rings. The molecule has 4 aromatic rings. The van der Waals surface area contributed by atoms with Crippen LogP contribution in [-0.4, -0.2) is 48.8 Å². The number of piperidine rings is 1. The molecule has 8 nitrogen and oxygen atoms in total. The number of ether oxygens (including phenoxy) is 1. The number of hydrogen-bond donors (Lipinski definition) is 0. The predicted octanol–water partition coefficient (Wildman–Crippen LogP) is 5.05. The third kappa shape index (κ3) is 4.85. The second kappa shape index (κ2) is 10.4. The van der Waals surface area contributed by atoms with E-state index < -0.39 is 10.0 Å². The summed E-state index contributed by atoms with van der Waals surface area (Å²) in [5, 5.41) is 2.78. The number of fused-ring (bicyclic) bond motifs is 1. The highest BCUT2D eigenvalue weighted by Gasteiger charge is 2.35. The van der Waals surface area contributed by atoms with Crippen LogP contribution >= 0.6 is 34.3 Å². The van der Waals surface area contributed by atoms with Gasteiger partial charge < -0.3 is 4.74 Å². The fraction of sp³-hybridized carbons (Fsp3) is 0.292. The van der Waals surface area contributed by atoms with Crippen LogP contribution in [0.3, 0.4) is 0 Å². The Bertz CT molecular complexity index is 1470. The minimum atomic E-state index is -3.54. The highest BCUT2D eigenvalue weighted by atomic mass is 35.5. The number of amides is 1. The molecule has 0 N–H and O–H groups in total. The van der Waals surface area contributed by atoms with Gasteiger partial charge in [-0.25, -0.2) is 13.4 Å². The molecule has 1 amide bonds. The van der Waals surface area contributed by atoms with Gasteiger partial charge in [0, 0.05) is 25.2 Å². The molecule has 12 heteroatoms. The molecule has 0 radical (unpaired) electrons. The van der Waals surface area contributed by atoms with E-state index in [4.69, 9.17) is 21.3 Å². The van der Waals surface area contributed by atoms with Crippen molar-refractivity contribution in [3.05, 3.63) is 64.8 Å². The van der Waals surface area contributed by atoms with Gasteiger partial charge in [-0.1, -0.05) is 35.1 Å². The fourth-order valence-corrected chi connectivity index (χ4v) is 8.09. The Morgan fingerprint density at radius 1 is 1.19 bits per heavy atom. The first kappa shape index (κ1) is 25.1. The van der Waals surface area contributed by atoms with Crippen molar-refractivity contribution < 1.29 is 17.9 Å². The maximum Gasteiger partial charge on any atom is 0.252 e. The number of anilines is 1. The largest absolute Gasteiger partial charge is 0.494 e. The summed E-state index contributed by atoms with van der Waals surface area (Å²) in [6.07, 6.45) is 2.54. The lowest BCUT2D eigenvalue weighted by molar-refractivity contribution is -0.123. The van der Waals surface area contributed by atoms with Gasteiger partial charge in [0.1, 0.15) is 15.5 Å². The molecule has 0 atom stereocenters. The molecule has 1 aliphatic heterocycles. The fourth-order valence-electron chi connectivity index (χ4n) is 4.22. The van der Waals surface area contributed by atoms with Crippen LogP contribution in [0.15, 0.2) is 58.3 Å². The van der Waals surface area contributed by atoms with E-state index in [2.05, 4.69) is 4.98 Å². The highest BCUT2D eigenvalue weighted by Crippen LogP contribution is 2.40. The lowest BCUT2D eigenvalue weighted by Gasteiger charge is -2.32. The number of thiophene rings is 1. The van der Waals surface area contributed by atoms with E-state index in [1.165, 1.54) is 27.0 Å². The Morgan fingerprint density at radius 2 is 2.00 bits per heavy atom. The number of methoxy groups -OCH3 is 1. The van der Waals surface area contributed by atoms with E-state index in [1.54, 1.807) is 47.9 Å². The van der Waals surface area contributed by atoms with Crippen molar-refractivity contribution in [2.45, 2.75) is 23.6 Å². The van der Waals surface area contributed by atoms with E-state index in [1.807, 2.05) is 18.2 Å². The van der Waals surface area contributed by atoms with Gasteiger partial charge >= 0.3 is 0 Å². The van der Waals surface area contributed by atoms with Gasteiger partial charge in [0.25, 0.3) is 10.0 Å². The number of carbonyl (C=O) groups excluding carboxylic acids is 1. The summed E-state index contributed by atoms with van der Waals surface area (Å²) in [7, 11) is -1.97. The van der Waals surface area contributed by atoms with Gasteiger partial charge in [0.05, 0.1) is 29.1 Å². The Morgan fingerprint density at radius 3 is 2.67 bits per heavy atom. The number of nitrogens with zero attached hydrogens (tertiary/aromatic N) is 4. The Kier molecular flexibility index (Phi) is 7.27. The van der Waals surface area contributed by atoms with Crippen LogP contribution in [0.2, 0.25) is 5.02 Å². The number of rotatable bonds is 7. The van der Waals surface area contributed by atoms with E-state index in [0.717, 1.165) is 10.4 Å². The molecule has 1 aromatic carbocycles. The predicted molar refractivity (Wildman–Crippen MR) is 142 cm³/mol. The summed E-state index contributed by atoms with van der Waals surface area (Å²) in [6, 6.07) is 12.4. The Hall–Kier alpha value is -2.57. The first-order valence-electron chi connectivity index (χ1n) is 11.3. The van der Waals surface area contributed by atoms with E-state index in [-0.39, 0.29) is 31.5 Å². The molecule has 188 valence electrons. The first-order valence-corrected chi connectivity index (χ1v) is 14.8. The summed E-state index contributed by atoms with van der Waals surface area (Å²) >= 11 is 8.96. The molecule has 0 unspecified atom stereocenters. The van der Waals surface area contributed by atoms with E-state index in [0.29, 0.717) is 38.5 Å². The standard InChI is InChI=1S/C24H23ClN4O4S3/c1-33-19-8-7-18(25)22-21(19)27-24(35-22)29(15-17-5-2-3-11-26-17)23(30)16-9-12-28(13-10-16)36(31,32)20-6-4-14-34-20/h2-8,11,14,16H,9-10,12-13,15H2,1H3. The number of pyridine rings is 1. The molecular weight excluding hydrogens is 540 g/mol. The molecule has 0 saturated carbocycles. The lowest BCUT2D eigenvalue weighted by atomic mass is 9.96.